The van der Waals surface area contributed by atoms with Crippen LogP contribution in [0.2, 0.25) is 0 Å². The normalized spacial score (nSPS) is 13.0. The molecule has 1 heterocycles. The molecule has 2 aromatic rings. The molecule has 1 amide bonds. The highest BCUT2D eigenvalue weighted by Crippen LogP contribution is 2.32. The van der Waals surface area contributed by atoms with Crippen molar-refractivity contribution in [1.29, 1.82) is 0 Å². The van der Waals surface area contributed by atoms with Crippen LogP contribution in [0.5, 0.6) is 5.75 Å². The van der Waals surface area contributed by atoms with Crippen LogP contribution in [-0.4, -0.2) is 43.3 Å². The number of Topliss-reactive ketones (excluding diaryl/α,β-unsaturated/α-hetero) is 1. The Morgan fingerprint density at radius 2 is 1.92 bits per heavy atom. The average molecular weight is 338 g/mol. The van der Waals surface area contributed by atoms with Gasteiger partial charge in [0, 0.05) is 19.2 Å². The number of carbonyl (C=O) groups excluding carboxylic acids is 2. The first kappa shape index (κ1) is 17.0. The van der Waals surface area contributed by atoms with Gasteiger partial charge in [-0.05, 0) is 30.7 Å². The summed E-state index contributed by atoms with van der Waals surface area (Å²) in [5, 5.41) is 0. The molecular formula is C20H22N2O3. The van der Waals surface area contributed by atoms with Crippen LogP contribution in [0, 0.1) is 0 Å². The summed E-state index contributed by atoms with van der Waals surface area (Å²) in [7, 11) is 1.81. The molecule has 5 heteroatoms. The molecule has 0 aromatic heterocycles. The Balaban J connectivity index is 1.72. The maximum absolute atomic E-state index is 12.6. The SMILES string of the molecule is CC(=O)c1ccc2c(c1)N(CC(=O)N(C)Cc1ccccc1)CCO2. The van der Waals surface area contributed by atoms with Crippen LogP contribution in [0.3, 0.4) is 0 Å². The number of rotatable bonds is 5. The van der Waals surface area contributed by atoms with Crippen LogP contribution in [0.1, 0.15) is 22.8 Å². The molecule has 1 aliphatic heterocycles. The van der Waals surface area contributed by atoms with E-state index in [2.05, 4.69) is 0 Å². The molecule has 1 aliphatic rings. The quantitative estimate of drug-likeness (QED) is 0.787. The number of nitrogens with zero attached hydrogens (tertiary/aromatic N) is 2. The van der Waals surface area contributed by atoms with Gasteiger partial charge >= 0.3 is 0 Å². The van der Waals surface area contributed by atoms with E-state index in [1.165, 1.54) is 6.92 Å². The fourth-order valence-corrected chi connectivity index (χ4v) is 2.89. The number of hydrogen-bond donors (Lipinski definition) is 0. The summed E-state index contributed by atoms with van der Waals surface area (Å²) in [6.07, 6.45) is 0. The lowest BCUT2D eigenvalue weighted by Crippen LogP contribution is -2.41. The Kier molecular flexibility index (Phi) is 5.03. The predicted octanol–water partition coefficient (Wildman–Crippen LogP) is 2.75. The number of ketones is 1. The van der Waals surface area contributed by atoms with Crippen LogP contribution < -0.4 is 9.64 Å². The summed E-state index contributed by atoms with van der Waals surface area (Å²) < 4.78 is 5.65. The first-order valence-electron chi connectivity index (χ1n) is 8.35. The highest BCUT2D eigenvalue weighted by atomic mass is 16.5. The maximum Gasteiger partial charge on any atom is 0.242 e. The summed E-state index contributed by atoms with van der Waals surface area (Å²) in [4.78, 5) is 28.0. The van der Waals surface area contributed by atoms with Gasteiger partial charge in [0.2, 0.25) is 5.91 Å². The van der Waals surface area contributed by atoms with E-state index in [9.17, 15) is 9.59 Å². The van der Waals surface area contributed by atoms with Gasteiger partial charge in [0.15, 0.2) is 5.78 Å². The van der Waals surface area contributed by atoms with Crippen LogP contribution >= 0.6 is 0 Å². The van der Waals surface area contributed by atoms with E-state index >= 15 is 0 Å². The zero-order valence-electron chi connectivity index (χ0n) is 14.6. The Morgan fingerprint density at radius 3 is 2.64 bits per heavy atom. The van der Waals surface area contributed by atoms with Gasteiger partial charge in [-0.1, -0.05) is 30.3 Å². The molecule has 0 aliphatic carbocycles. The van der Waals surface area contributed by atoms with Gasteiger partial charge in [0.25, 0.3) is 0 Å². The lowest BCUT2D eigenvalue weighted by molar-refractivity contribution is -0.129. The van der Waals surface area contributed by atoms with E-state index in [0.717, 1.165) is 17.0 Å². The van der Waals surface area contributed by atoms with Crippen molar-refractivity contribution in [3.63, 3.8) is 0 Å². The first-order valence-corrected chi connectivity index (χ1v) is 8.35. The summed E-state index contributed by atoms with van der Waals surface area (Å²) in [5.41, 5.74) is 2.53. The molecule has 0 saturated heterocycles. The van der Waals surface area contributed by atoms with Gasteiger partial charge in [0.05, 0.1) is 18.8 Å². The van der Waals surface area contributed by atoms with Crippen molar-refractivity contribution in [3.8, 4) is 5.75 Å². The van der Waals surface area contributed by atoms with E-state index in [1.54, 1.807) is 23.1 Å². The Labute approximate surface area is 147 Å². The number of benzene rings is 2. The summed E-state index contributed by atoms with van der Waals surface area (Å²) in [5.74, 6) is 0.750. The second-order valence-corrected chi connectivity index (χ2v) is 6.24. The molecule has 0 bridgehead atoms. The van der Waals surface area contributed by atoms with E-state index in [0.29, 0.717) is 25.3 Å². The number of carbonyl (C=O) groups is 2. The highest BCUT2D eigenvalue weighted by Gasteiger charge is 2.22. The fraction of sp³-hybridized carbons (Fsp3) is 0.300. The molecule has 25 heavy (non-hydrogen) atoms. The Hall–Kier alpha value is -2.82. The number of hydrogen-bond acceptors (Lipinski definition) is 4. The van der Waals surface area contributed by atoms with Gasteiger partial charge in [-0.2, -0.15) is 0 Å². The zero-order chi connectivity index (χ0) is 17.8. The third-order valence-corrected chi connectivity index (χ3v) is 4.34. The molecule has 0 fully saturated rings. The minimum atomic E-state index is 0.000783. The van der Waals surface area contributed by atoms with E-state index in [-0.39, 0.29) is 18.2 Å². The van der Waals surface area contributed by atoms with Crippen LogP contribution in [0.15, 0.2) is 48.5 Å². The van der Waals surface area contributed by atoms with Gasteiger partial charge in [-0.15, -0.1) is 0 Å². The second-order valence-electron chi connectivity index (χ2n) is 6.24. The molecule has 0 radical (unpaired) electrons. The zero-order valence-corrected chi connectivity index (χ0v) is 14.6. The van der Waals surface area contributed by atoms with Crippen LogP contribution in [0.4, 0.5) is 5.69 Å². The monoisotopic (exact) mass is 338 g/mol. The molecule has 0 N–H and O–H groups in total. The molecule has 0 saturated carbocycles. The summed E-state index contributed by atoms with van der Waals surface area (Å²) in [6, 6.07) is 15.3. The van der Waals surface area contributed by atoms with Crippen molar-refractivity contribution >= 4 is 17.4 Å². The van der Waals surface area contributed by atoms with Gasteiger partial charge in [0.1, 0.15) is 12.4 Å². The van der Waals surface area contributed by atoms with Crippen molar-refractivity contribution in [2.45, 2.75) is 13.5 Å². The van der Waals surface area contributed by atoms with E-state index in [4.69, 9.17) is 4.74 Å². The molecule has 2 aromatic carbocycles. The van der Waals surface area contributed by atoms with Gasteiger partial charge in [-0.25, -0.2) is 0 Å². The smallest absolute Gasteiger partial charge is 0.242 e. The minimum Gasteiger partial charge on any atom is -0.490 e. The third-order valence-electron chi connectivity index (χ3n) is 4.34. The second kappa shape index (κ2) is 7.38. The molecule has 0 spiro atoms. The van der Waals surface area contributed by atoms with Crippen LogP contribution in [0.25, 0.3) is 0 Å². The Bertz CT molecular complexity index is 774. The fourth-order valence-electron chi connectivity index (χ4n) is 2.89. The molecular weight excluding hydrogens is 316 g/mol. The lowest BCUT2D eigenvalue weighted by Gasteiger charge is -2.32. The van der Waals surface area contributed by atoms with E-state index in [1.807, 2.05) is 42.3 Å². The summed E-state index contributed by atoms with van der Waals surface area (Å²) >= 11 is 0. The molecule has 5 nitrogen and oxygen atoms in total. The first-order chi connectivity index (χ1) is 12.0. The molecule has 0 unspecified atom stereocenters. The standard InChI is InChI=1S/C20H22N2O3/c1-15(23)17-8-9-19-18(12-17)22(10-11-25-19)14-20(24)21(2)13-16-6-4-3-5-7-16/h3-9,12H,10-11,13-14H2,1-2H3. The van der Waals surface area contributed by atoms with Crippen molar-refractivity contribution in [3.05, 3.63) is 59.7 Å². The van der Waals surface area contributed by atoms with Crippen molar-refractivity contribution in [2.24, 2.45) is 0 Å². The maximum atomic E-state index is 12.6. The minimum absolute atomic E-state index is 0.000783. The van der Waals surface area contributed by atoms with Crippen molar-refractivity contribution < 1.29 is 14.3 Å². The molecule has 130 valence electrons. The average Bonchev–Trinajstić information content (AvgIpc) is 2.62. The number of fused-ring (bicyclic) bond motifs is 1. The summed E-state index contributed by atoms with van der Waals surface area (Å²) in [6.45, 7) is 3.53. The number of ether oxygens (including phenoxy) is 1. The largest absolute Gasteiger partial charge is 0.490 e. The van der Waals surface area contributed by atoms with Crippen molar-refractivity contribution in [1.82, 2.24) is 4.90 Å². The van der Waals surface area contributed by atoms with Crippen LogP contribution in [-0.2, 0) is 11.3 Å². The third kappa shape index (κ3) is 3.99. The van der Waals surface area contributed by atoms with Gasteiger partial charge < -0.3 is 14.5 Å². The van der Waals surface area contributed by atoms with Crippen molar-refractivity contribution in [2.75, 3.05) is 31.6 Å². The molecule has 3 rings (SSSR count). The number of anilines is 1. The lowest BCUT2D eigenvalue weighted by atomic mass is 10.1. The predicted molar refractivity (Wildman–Crippen MR) is 97.1 cm³/mol. The highest BCUT2D eigenvalue weighted by molar-refractivity contribution is 5.96. The Morgan fingerprint density at radius 1 is 1.16 bits per heavy atom. The van der Waals surface area contributed by atoms with Gasteiger partial charge in [-0.3, -0.25) is 9.59 Å². The number of likely N-dealkylation sites (N-methyl/N-ethyl adjacent to an activating group) is 1. The number of amides is 1. The molecule has 0 atom stereocenters. The van der Waals surface area contributed by atoms with E-state index < -0.39 is 0 Å². The topological polar surface area (TPSA) is 49.9 Å².